The Labute approximate surface area is 90.5 Å². The molecular weight excluding hydrogens is 194 g/mol. The van der Waals surface area contributed by atoms with E-state index in [1.54, 1.807) is 0 Å². The smallest absolute Gasteiger partial charge is 0.168 e. The first-order valence-electron chi connectivity index (χ1n) is 5.76. The van der Waals surface area contributed by atoms with Gasteiger partial charge < -0.3 is 9.47 Å². The second kappa shape index (κ2) is 5.05. The molecule has 0 spiro atoms. The van der Waals surface area contributed by atoms with Gasteiger partial charge in [-0.25, -0.2) is 0 Å². The van der Waals surface area contributed by atoms with Crippen molar-refractivity contribution in [1.29, 1.82) is 0 Å². The van der Waals surface area contributed by atoms with Crippen molar-refractivity contribution in [2.24, 2.45) is 5.92 Å². The Morgan fingerprint density at radius 3 is 3.00 bits per heavy atom. The van der Waals surface area contributed by atoms with E-state index in [9.17, 15) is 4.79 Å². The van der Waals surface area contributed by atoms with Crippen LogP contribution in [0, 0.1) is 5.92 Å². The van der Waals surface area contributed by atoms with Gasteiger partial charge in [-0.2, -0.15) is 0 Å². The van der Waals surface area contributed by atoms with Crippen molar-refractivity contribution >= 4 is 5.78 Å². The van der Waals surface area contributed by atoms with Crippen LogP contribution in [0.25, 0.3) is 0 Å². The van der Waals surface area contributed by atoms with Crippen molar-refractivity contribution in [1.82, 2.24) is 4.90 Å². The largest absolute Gasteiger partial charge is 0.381 e. The van der Waals surface area contributed by atoms with Crippen molar-refractivity contribution in [3.63, 3.8) is 0 Å². The molecular formula is C11H19NO3. The molecule has 0 saturated carbocycles. The number of ether oxygens (including phenoxy) is 2. The lowest BCUT2D eigenvalue weighted by molar-refractivity contribution is -0.140. The first-order valence-corrected chi connectivity index (χ1v) is 5.76. The number of Topliss-reactive ketones (excluding diaryl/α,β-unsaturated/α-hetero) is 1. The second-order valence-corrected chi connectivity index (χ2v) is 4.22. The van der Waals surface area contributed by atoms with Crippen molar-refractivity contribution in [3.05, 3.63) is 0 Å². The molecule has 0 N–H and O–H groups in total. The van der Waals surface area contributed by atoms with E-state index in [1.807, 2.05) is 0 Å². The van der Waals surface area contributed by atoms with Gasteiger partial charge in [0.2, 0.25) is 0 Å². The van der Waals surface area contributed by atoms with Crippen LogP contribution in [0.15, 0.2) is 0 Å². The van der Waals surface area contributed by atoms with Gasteiger partial charge in [-0.15, -0.1) is 0 Å². The lowest BCUT2D eigenvalue weighted by atomic mass is 9.98. The summed E-state index contributed by atoms with van der Waals surface area (Å²) in [5.74, 6) is 0.317. The van der Waals surface area contributed by atoms with Gasteiger partial charge in [-0.3, -0.25) is 9.69 Å². The van der Waals surface area contributed by atoms with Crippen LogP contribution in [-0.4, -0.2) is 56.2 Å². The molecule has 2 fully saturated rings. The molecule has 2 atom stereocenters. The molecule has 15 heavy (non-hydrogen) atoms. The lowest BCUT2D eigenvalue weighted by Gasteiger charge is -2.32. The molecule has 0 bridgehead atoms. The number of carbonyl (C=O) groups is 1. The highest BCUT2D eigenvalue weighted by molar-refractivity contribution is 5.86. The van der Waals surface area contributed by atoms with E-state index in [2.05, 4.69) is 11.8 Å². The van der Waals surface area contributed by atoms with Gasteiger partial charge in [-0.05, 0) is 13.0 Å². The Hall–Kier alpha value is -0.450. The molecule has 2 aliphatic rings. The number of hydrogen-bond donors (Lipinski definition) is 0. The zero-order valence-corrected chi connectivity index (χ0v) is 9.28. The number of carbonyl (C=O) groups excluding carboxylic acids is 1. The van der Waals surface area contributed by atoms with Gasteiger partial charge >= 0.3 is 0 Å². The third-order valence-electron chi connectivity index (χ3n) is 3.25. The summed E-state index contributed by atoms with van der Waals surface area (Å²) in [5.41, 5.74) is 0. The van der Waals surface area contributed by atoms with Crippen LogP contribution >= 0.6 is 0 Å². The highest BCUT2D eigenvalue weighted by Crippen LogP contribution is 2.18. The lowest BCUT2D eigenvalue weighted by Crippen LogP contribution is -2.47. The van der Waals surface area contributed by atoms with Crippen molar-refractivity contribution in [2.75, 3.05) is 39.5 Å². The standard InChI is InChI=1S/C11H19NO3/c1-2-12-4-6-15-10(7-12)11(13)9-3-5-14-8-9/h9-10H,2-8H2,1H3. The summed E-state index contributed by atoms with van der Waals surface area (Å²) in [6.45, 7) is 6.80. The van der Waals surface area contributed by atoms with Crippen molar-refractivity contribution < 1.29 is 14.3 Å². The van der Waals surface area contributed by atoms with E-state index in [0.717, 1.165) is 32.7 Å². The zero-order chi connectivity index (χ0) is 10.7. The second-order valence-electron chi connectivity index (χ2n) is 4.22. The Kier molecular flexibility index (Phi) is 3.72. The predicted octanol–water partition coefficient (Wildman–Crippen LogP) is 0.313. The molecule has 2 unspecified atom stereocenters. The molecule has 0 aromatic rings. The maximum Gasteiger partial charge on any atom is 0.168 e. The Morgan fingerprint density at radius 2 is 2.33 bits per heavy atom. The molecule has 2 heterocycles. The summed E-state index contributed by atoms with van der Waals surface area (Å²) >= 11 is 0. The number of morpholine rings is 1. The van der Waals surface area contributed by atoms with E-state index in [-0.39, 0.29) is 17.8 Å². The van der Waals surface area contributed by atoms with Crippen LogP contribution in [0.2, 0.25) is 0 Å². The Bertz CT molecular complexity index is 226. The third-order valence-corrected chi connectivity index (χ3v) is 3.25. The quantitative estimate of drug-likeness (QED) is 0.676. The van der Waals surface area contributed by atoms with Crippen molar-refractivity contribution in [3.8, 4) is 0 Å². The highest BCUT2D eigenvalue weighted by atomic mass is 16.5. The fourth-order valence-electron chi connectivity index (χ4n) is 2.18. The van der Waals surface area contributed by atoms with E-state index < -0.39 is 0 Å². The van der Waals surface area contributed by atoms with Gasteiger partial charge in [0.1, 0.15) is 6.10 Å². The normalized spacial score (nSPS) is 33.1. The third kappa shape index (κ3) is 2.56. The highest BCUT2D eigenvalue weighted by Gasteiger charge is 2.33. The average Bonchev–Trinajstić information content (AvgIpc) is 2.81. The fourth-order valence-corrected chi connectivity index (χ4v) is 2.18. The van der Waals surface area contributed by atoms with Crippen LogP contribution in [0.4, 0.5) is 0 Å². The minimum absolute atomic E-state index is 0.0757. The van der Waals surface area contributed by atoms with Gasteiger partial charge in [0, 0.05) is 25.6 Å². The summed E-state index contributed by atoms with van der Waals surface area (Å²) in [6, 6.07) is 0. The summed E-state index contributed by atoms with van der Waals surface area (Å²) in [4.78, 5) is 14.3. The number of rotatable bonds is 3. The van der Waals surface area contributed by atoms with Crippen molar-refractivity contribution in [2.45, 2.75) is 19.4 Å². The Morgan fingerprint density at radius 1 is 1.47 bits per heavy atom. The number of ketones is 1. The Balaban J connectivity index is 1.88. The molecule has 4 heteroatoms. The van der Waals surface area contributed by atoms with Gasteiger partial charge in [0.15, 0.2) is 5.78 Å². The maximum absolute atomic E-state index is 12.0. The molecule has 0 aliphatic carbocycles. The molecule has 0 aromatic heterocycles. The number of likely N-dealkylation sites (N-methyl/N-ethyl adjacent to an activating group) is 1. The molecule has 86 valence electrons. The minimum atomic E-state index is -0.217. The SMILES string of the molecule is CCN1CCOC(C(=O)C2CCOC2)C1. The van der Waals surface area contributed by atoms with E-state index in [4.69, 9.17) is 9.47 Å². The van der Waals surface area contributed by atoms with Gasteiger partial charge in [-0.1, -0.05) is 6.92 Å². The van der Waals surface area contributed by atoms with Crippen LogP contribution < -0.4 is 0 Å². The molecule has 2 aliphatic heterocycles. The van der Waals surface area contributed by atoms with Crippen LogP contribution in [0.3, 0.4) is 0 Å². The summed E-state index contributed by atoms with van der Waals surface area (Å²) in [7, 11) is 0. The van der Waals surface area contributed by atoms with Gasteiger partial charge in [0.05, 0.1) is 13.2 Å². The summed E-state index contributed by atoms with van der Waals surface area (Å²) in [6.07, 6.45) is 0.649. The molecule has 0 radical (unpaired) electrons. The van der Waals surface area contributed by atoms with Crippen LogP contribution in [0.1, 0.15) is 13.3 Å². The first-order chi connectivity index (χ1) is 7.31. The summed E-state index contributed by atoms with van der Waals surface area (Å²) < 4.78 is 10.8. The van der Waals surface area contributed by atoms with Crippen LogP contribution in [0.5, 0.6) is 0 Å². The average molecular weight is 213 g/mol. The molecule has 0 amide bonds. The fraction of sp³-hybridized carbons (Fsp3) is 0.909. The zero-order valence-electron chi connectivity index (χ0n) is 9.28. The van der Waals surface area contributed by atoms with E-state index in [1.165, 1.54) is 0 Å². The molecule has 0 aromatic carbocycles. The first kappa shape index (κ1) is 11.0. The topological polar surface area (TPSA) is 38.8 Å². The predicted molar refractivity (Wildman–Crippen MR) is 55.8 cm³/mol. The monoisotopic (exact) mass is 213 g/mol. The number of nitrogens with zero attached hydrogens (tertiary/aromatic N) is 1. The number of hydrogen-bond acceptors (Lipinski definition) is 4. The summed E-state index contributed by atoms with van der Waals surface area (Å²) in [5, 5.41) is 0. The van der Waals surface area contributed by atoms with Crippen LogP contribution in [-0.2, 0) is 14.3 Å². The molecule has 2 saturated heterocycles. The molecule has 2 rings (SSSR count). The molecule has 4 nitrogen and oxygen atoms in total. The minimum Gasteiger partial charge on any atom is -0.381 e. The van der Waals surface area contributed by atoms with Gasteiger partial charge in [0.25, 0.3) is 0 Å². The van der Waals surface area contributed by atoms with E-state index in [0.29, 0.717) is 13.2 Å². The van der Waals surface area contributed by atoms with E-state index >= 15 is 0 Å². The maximum atomic E-state index is 12.0.